The van der Waals surface area contributed by atoms with Gasteiger partial charge in [0.1, 0.15) is 11.5 Å². The summed E-state index contributed by atoms with van der Waals surface area (Å²) in [6.45, 7) is 8.04. The Morgan fingerprint density at radius 1 is 1.00 bits per heavy atom. The minimum Gasteiger partial charge on any atom is -0.494 e. The van der Waals surface area contributed by atoms with Crippen LogP contribution in [-0.2, 0) is 21.5 Å². The van der Waals surface area contributed by atoms with Gasteiger partial charge in [0.15, 0.2) is 0 Å². The lowest BCUT2D eigenvalue weighted by molar-refractivity contribution is -0.126. The Bertz CT molecular complexity index is 1030. The molecule has 8 nitrogen and oxygen atoms in total. The zero-order valence-corrected chi connectivity index (χ0v) is 21.0. The molecule has 34 heavy (non-hydrogen) atoms. The predicted octanol–water partition coefficient (Wildman–Crippen LogP) is 3.58. The van der Waals surface area contributed by atoms with Crippen molar-refractivity contribution in [3.05, 3.63) is 54.1 Å². The lowest BCUT2D eigenvalue weighted by Crippen LogP contribution is -2.50. The molecule has 0 saturated carbocycles. The third kappa shape index (κ3) is 6.42. The number of ether oxygens (including phenoxy) is 2. The van der Waals surface area contributed by atoms with Crippen LogP contribution in [0, 0.1) is 5.92 Å². The molecule has 1 amide bonds. The van der Waals surface area contributed by atoms with Crippen LogP contribution in [0.4, 0.5) is 5.69 Å². The van der Waals surface area contributed by atoms with Crippen molar-refractivity contribution in [2.75, 3.05) is 37.2 Å². The lowest BCUT2D eigenvalue weighted by Gasteiger charge is -2.35. The van der Waals surface area contributed by atoms with Crippen LogP contribution >= 0.6 is 0 Å². The molecule has 0 unspecified atom stereocenters. The molecular formula is C25H35N3O5S. The van der Waals surface area contributed by atoms with Gasteiger partial charge in [-0.05, 0) is 75.6 Å². The van der Waals surface area contributed by atoms with Crippen LogP contribution in [0.5, 0.6) is 11.5 Å². The summed E-state index contributed by atoms with van der Waals surface area (Å²) in [5.74, 6) is 0.976. The molecule has 1 aliphatic rings. The fourth-order valence-electron chi connectivity index (χ4n) is 4.06. The van der Waals surface area contributed by atoms with Crippen molar-refractivity contribution in [1.29, 1.82) is 0 Å². The van der Waals surface area contributed by atoms with Crippen LogP contribution < -0.4 is 19.1 Å². The minimum atomic E-state index is -3.76. The molecule has 0 aromatic heterocycles. The number of hydrogen-bond donors (Lipinski definition) is 1. The summed E-state index contributed by atoms with van der Waals surface area (Å²) in [4.78, 5) is 12.8. The van der Waals surface area contributed by atoms with Crippen molar-refractivity contribution in [3.63, 3.8) is 0 Å². The third-order valence-corrected chi connectivity index (χ3v) is 7.79. The van der Waals surface area contributed by atoms with Crippen LogP contribution in [0.1, 0.15) is 39.2 Å². The summed E-state index contributed by atoms with van der Waals surface area (Å²) in [6.07, 6.45) is 1.30. The van der Waals surface area contributed by atoms with Gasteiger partial charge >= 0.3 is 10.2 Å². The number of benzene rings is 2. The molecule has 0 spiro atoms. The molecule has 2 aromatic carbocycles. The number of nitrogens with one attached hydrogen (secondary N) is 1. The van der Waals surface area contributed by atoms with Gasteiger partial charge < -0.3 is 14.8 Å². The molecule has 186 valence electrons. The number of hydrogen-bond acceptors (Lipinski definition) is 5. The molecular weight excluding hydrogens is 454 g/mol. The Morgan fingerprint density at radius 2 is 1.59 bits per heavy atom. The fourth-order valence-corrected chi connectivity index (χ4v) is 5.78. The number of carbonyl (C=O) groups is 1. The minimum absolute atomic E-state index is 0.127. The summed E-state index contributed by atoms with van der Waals surface area (Å²) in [5, 5.41) is 2.96. The molecule has 1 atom stereocenters. The second-order valence-corrected chi connectivity index (χ2v) is 9.94. The van der Waals surface area contributed by atoms with Gasteiger partial charge in [-0.2, -0.15) is 12.7 Å². The summed E-state index contributed by atoms with van der Waals surface area (Å²) in [6, 6.07) is 14.6. The highest BCUT2D eigenvalue weighted by atomic mass is 32.2. The number of piperidine rings is 1. The van der Waals surface area contributed by atoms with Crippen LogP contribution in [0.25, 0.3) is 0 Å². The molecule has 1 fully saturated rings. The highest BCUT2D eigenvalue weighted by Crippen LogP contribution is 2.27. The topological polar surface area (TPSA) is 88.2 Å². The maximum Gasteiger partial charge on any atom is 0.304 e. The molecule has 0 bridgehead atoms. The second-order valence-electron chi connectivity index (χ2n) is 8.09. The highest BCUT2D eigenvalue weighted by molar-refractivity contribution is 7.90. The molecule has 0 aliphatic carbocycles. The second kappa shape index (κ2) is 12.1. The number of carbonyl (C=O) groups excluding carboxylic acids is 1. The Labute approximate surface area is 203 Å². The van der Waals surface area contributed by atoms with Crippen molar-refractivity contribution in [3.8, 4) is 11.5 Å². The summed E-state index contributed by atoms with van der Waals surface area (Å²) in [7, 11) is -3.76. The fraction of sp³-hybridized carbons (Fsp3) is 0.480. The van der Waals surface area contributed by atoms with Gasteiger partial charge in [0.05, 0.1) is 24.8 Å². The monoisotopic (exact) mass is 489 g/mol. The van der Waals surface area contributed by atoms with Gasteiger partial charge in [-0.25, -0.2) is 0 Å². The summed E-state index contributed by atoms with van der Waals surface area (Å²) < 4.78 is 40.6. The molecule has 0 radical (unpaired) electrons. The van der Waals surface area contributed by atoms with Crippen molar-refractivity contribution in [1.82, 2.24) is 9.62 Å². The smallest absolute Gasteiger partial charge is 0.304 e. The Kier molecular flexibility index (Phi) is 9.18. The van der Waals surface area contributed by atoms with Crippen molar-refractivity contribution in [2.45, 2.75) is 40.2 Å². The molecule has 2 aromatic rings. The molecule has 3 rings (SSSR count). The first-order valence-electron chi connectivity index (χ1n) is 11.9. The molecule has 1 saturated heterocycles. The van der Waals surface area contributed by atoms with Crippen LogP contribution in [0.15, 0.2) is 48.5 Å². The van der Waals surface area contributed by atoms with Crippen molar-refractivity contribution < 1.29 is 22.7 Å². The van der Waals surface area contributed by atoms with Crippen LogP contribution in [0.3, 0.4) is 0 Å². The maximum atomic E-state index is 13.4. The lowest BCUT2D eigenvalue weighted by atomic mass is 9.99. The molecule has 9 heteroatoms. The van der Waals surface area contributed by atoms with E-state index in [2.05, 4.69) is 5.32 Å². The van der Waals surface area contributed by atoms with E-state index in [-0.39, 0.29) is 18.4 Å². The van der Waals surface area contributed by atoms with E-state index >= 15 is 0 Å². The zero-order chi connectivity index (χ0) is 24.6. The van der Waals surface area contributed by atoms with E-state index in [4.69, 9.17) is 9.47 Å². The van der Waals surface area contributed by atoms with Gasteiger partial charge in [-0.1, -0.05) is 12.1 Å². The van der Waals surface area contributed by atoms with E-state index in [0.717, 1.165) is 11.3 Å². The van der Waals surface area contributed by atoms with Gasteiger partial charge in [0.2, 0.25) is 5.91 Å². The third-order valence-electron chi connectivity index (χ3n) is 5.78. The predicted molar refractivity (Wildman–Crippen MR) is 133 cm³/mol. The molecule has 1 heterocycles. The van der Waals surface area contributed by atoms with E-state index in [9.17, 15) is 13.2 Å². The van der Waals surface area contributed by atoms with E-state index in [0.29, 0.717) is 57.1 Å². The van der Waals surface area contributed by atoms with Crippen LogP contribution in [-0.4, -0.2) is 51.5 Å². The SMILES string of the molecule is CCOc1ccc(CNC(=O)[C@H]2CCCN(S(=O)(=O)N(CC)c3ccc(OCC)cc3)C2)cc1. The van der Waals surface area contributed by atoms with Crippen molar-refractivity contribution in [2.24, 2.45) is 5.92 Å². The largest absolute Gasteiger partial charge is 0.494 e. The Morgan fingerprint density at radius 3 is 2.15 bits per heavy atom. The van der Waals surface area contributed by atoms with E-state index in [1.165, 1.54) is 8.61 Å². The average Bonchev–Trinajstić information content (AvgIpc) is 2.85. The normalized spacial score (nSPS) is 16.6. The first-order chi connectivity index (χ1) is 16.4. The number of nitrogens with zero attached hydrogens (tertiary/aromatic N) is 2. The van der Waals surface area contributed by atoms with Crippen LogP contribution in [0.2, 0.25) is 0 Å². The van der Waals surface area contributed by atoms with E-state index < -0.39 is 10.2 Å². The summed E-state index contributed by atoms with van der Waals surface area (Å²) >= 11 is 0. The first kappa shape index (κ1) is 25.8. The van der Waals surface area contributed by atoms with Gasteiger partial charge in [-0.15, -0.1) is 0 Å². The quantitative estimate of drug-likeness (QED) is 0.521. The Hall–Kier alpha value is -2.78. The first-order valence-corrected chi connectivity index (χ1v) is 13.3. The standard InChI is InChI=1S/C25H35N3O5S/c1-4-28(22-11-15-24(16-12-22)33-6-3)34(30,31)27-17-7-8-21(19-27)25(29)26-18-20-9-13-23(14-10-20)32-5-2/h9-16,21H,4-8,17-19H2,1-3H3,(H,26,29)/t21-/m0/s1. The number of amides is 1. The van der Waals surface area contributed by atoms with E-state index in [1.807, 2.05) is 38.1 Å². The van der Waals surface area contributed by atoms with E-state index in [1.54, 1.807) is 31.2 Å². The van der Waals surface area contributed by atoms with Gasteiger partial charge in [-0.3, -0.25) is 9.10 Å². The molecule has 1 N–H and O–H groups in total. The van der Waals surface area contributed by atoms with Gasteiger partial charge in [0, 0.05) is 26.2 Å². The summed E-state index contributed by atoms with van der Waals surface area (Å²) in [5.41, 5.74) is 1.54. The highest BCUT2D eigenvalue weighted by Gasteiger charge is 2.35. The maximum absolute atomic E-state index is 13.4. The zero-order valence-electron chi connectivity index (χ0n) is 20.2. The number of anilines is 1. The van der Waals surface area contributed by atoms with Gasteiger partial charge in [0.25, 0.3) is 0 Å². The average molecular weight is 490 g/mol. The van der Waals surface area contributed by atoms with Crippen molar-refractivity contribution >= 4 is 21.8 Å². The Balaban J connectivity index is 1.62. The molecule has 1 aliphatic heterocycles. The number of rotatable bonds is 11.